The average Bonchev–Trinajstić information content (AvgIpc) is 3.18. The summed E-state index contributed by atoms with van der Waals surface area (Å²) < 4.78 is 0. The van der Waals surface area contributed by atoms with Crippen LogP contribution >= 0.6 is 0 Å². The molecule has 0 spiro atoms. The summed E-state index contributed by atoms with van der Waals surface area (Å²) in [5, 5.41) is 0. The zero-order valence-electron chi connectivity index (χ0n) is 16.9. The third kappa shape index (κ3) is 4.72. The van der Waals surface area contributed by atoms with E-state index in [1.54, 1.807) is 0 Å². The van der Waals surface area contributed by atoms with Crippen molar-refractivity contribution in [1.82, 2.24) is 14.7 Å². The Morgan fingerprint density at radius 1 is 1.11 bits per heavy atom. The number of hydrogen-bond acceptors (Lipinski definition) is 3. The zero-order valence-corrected chi connectivity index (χ0v) is 16.9. The number of likely N-dealkylation sites (N-methyl/N-ethyl adjacent to an activating group) is 1. The summed E-state index contributed by atoms with van der Waals surface area (Å²) in [5.74, 6) is 1.67. The van der Waals surface area contributed by atoms with Gasteiger partial charge < -0.3 is 4.90 Å². The number of benzene rings is 1. The van der Waals surface area contributed by atoms with E-state index in [-0.39, 0.29) is 6.04 Å². The second-order valence-electron chi connectivity index (χ2n) is 8.78. The smallest absolute Gasteiger partial charge is 0.240 e. The Kier molecular flexibility index (Phi) is 6.14. The molecule has 2 saturated heterocycles. The Balaban J connectivity index is 1.32. The van der Waals surface area contributed by atoms with Crippen molar-refractivity contribution in [2.75, 3.05) is 39.3 Å². The fourth-order valence-electron chi connectivity index (χ4n) is 5.01. The van der Waals surface area contributed by atoms with Crippen LogP contribution in [0.2, 0.25) is 0 Å². The molecule has 2 heterocycles. The standard InChI is InChI=1S/C23H35N3O/c1-2-25(23(27)22(21-10-11-21)26-13-6-7-14-26)18-20-12-15-24(17-20)16-19-8-4-3-5-9-19/h3-5,8-9,20-22H,2,6-7,10-18H2,1H3. The molecule has 1 saturated carbocycles. The number of likely N-dealkylation sites (tertiary alicyclic amines) is 2. The Morgan fingerprint density at radius 2 is 1.85 bits per heavy atom. The van der Waals surface area contributed by atoms with Crippen LogP contribution in [0.5, 0.6) is 0 Å². The first kappa shape index (κ1) is 18.9. The van der Waals surface area contributed by atoms with Gasteiger partial charge in [0.05, 0.1) is 6.04 Å². The molecule has 1 amide bonds. The SMILES string of the molecule is CCN(CC1CCN(Cc2ccccc2)C1)C(=O)C(C1CC1)N1CCCC1. The molecule has 2 unspecified atom stereocenters. The van der Waals surface area contributed by atoms with Gasteiger partial charge in [-0.15, -0.1) is 0 Å². The number of nitrogens with zero attached hydrogens (tertiary/aromatic N) is 3. The van der Waals surface area contributed by atoms with Crippen LogP contribution in [0.3, 0.4) is 0 Å². The van der Waals surface area contributed by atoms with Gasteiger partial charge in [0, 0.05) is 26.2 Å². The first-order valence-electron chi connectivity index (χ1n) is 11.0. The summed E-state index contributed by atoms with van der Waals surface area (Å²) in [4.78, 5) is 20.6. The molecule has 1 aliphatic carbocycles. The van der Waals surface area contributed by atoms with E-state index in [1.807, 2.05) is 0 Å². The van der Waals surface area contributed by atoms with Crippen molar-refractivity contribution in [3.8, 4) is 0 Å². The van der Waals surface area contributed by atoms with Crippen molar-refractivity contribution in [2.24, 2.45) is 11.8 Å². The van der Waals surface area contributed by atoms with E-state index in [0.717, 1.165) is 45.8 Å². The summed E-state index contributed by atoms with van der Waals surface area (Å²) >= 11 is 0. The molecule has 1 aromatic rings. The Labute approximate surface area is 164 Å². The van der Waals surface area contributed by atoms with Crippen molar-refractivity contribution >= 4 is 5.91 Å². The highest BCUT2D eigenvalue weighted by molar-refractivity contribution is 5.82. The zero-order chi connectivity index (χ0) is 18.6. The van der Waals surface area contributed by atoms with Crippen LogP contribution in [-0.2, 0) is 11.3 Å². The molecule has 0 bridgehead atoms. The molecule has 0 radical (unpaired) electrons. The Bertz CT molecular complexity index is 609. The van der Waals surface area contributed by atoms with Crippen LogP contribution < -0.4 is 0 Å². The van der Waals surface area contributed by atoms with Crippen molar-refractivity contribution in [1.29, 1.82) is 0 Å². The maximum absolute atomic E-state index is 13.4. The number of hydrogen-bond donors (Lipinski definition) is 0. The average molecular weight is 370 g/mol. The lowest BCUT2D eigenvalue weighted by Gasteiger charge is -2.33. The molecule has 0 N–H and O–H groups in total. The van der Waals surface area contributed by atoms with Crippen molar-refractivity contribution in [3.05, 3.63) is 35.9 Å². The normalized spacial score (nSPS) is 25.0. The van der Waals surface area contributed by atoms with Crippen molar-refractivity contribution in [2.45, 2.75) is 51.6 Å². The molecule has 3 aliphatic rings. The molecule has 0 aromatic heterocycles. The maximum Gasteiger partial charge on any atom is 0.240 e. The van der Waals surface area contributed by atoms with Gasteiger partial charge in [0.25, 0.3) is 0 Å². The first-order valence-corrected chi connectivity index (χ1v) is 11.0. The molecular formula is C23H35N3O. The Morgan fingerprint density at radius 3 is 2.52 bits per heavy atom. The van der Waals surface area contributed by atoms with E-state index < -0.39 is 0 Å². The quantitative estimate of drug-likeness (QED) is 0.704. The molecule has 2 aliphatic heterocycles. The van der Waals surface area contributed by atoms with Crippen molar-refractivity contribution in [3.63, 3.8) is 0 Å². The van der Waals surface area contributed by atoms with Crippen LogP contribution in [-0.4, -0.2) is 65.9 Å². The number of carbonyl (C=O) groups excluding carboxylic acids is 1. The first-order chi connectivity index (χ1) is 13.2. The van der Waals surface area contributed by atoms with E-state index >= 15 is 0 Å². The highest BCUT2D eigenvalue weighted by Gasteiger charge is 2.42. The summed E-state index contributed by atoms with van der Waals surface area (Å²) in [7, 11) is 0. The van der Waals surface area contributed by atoms with Gasteiger partial charge in [-0.25, -0.2) is 0 Å². The van der Waals surface area contributed by atoms with Gasteiger partial charge in [0.1, 0.15) is 0 Å². The minimum absolute atomic E-state index is 0.175. The minimum Gasteiger partial charge on any atom is -0.341 e. The van der Waals surface area contributed by atoms with Gasteiger partial charge in [-0.3, -0.25) is 14.6 Å². The van der Waals surface area contributed by atoms with E-state index in [9.17, 15) is 4.79 Å². The number of rotatable bonds is 8. The largest absolute Gasteiger partial charge is 0.341 e. The molecular weight excluding hydrogens is 334 g/mol. The fourth-order valence-corrected chi connectivity index (χ4v) is 5.01. The fraction of sp³-hybridized carbons (Fsp3) is 0.696. The van der Waals surface area contributed by atoms with Crippen molar-refractivity contribution < 1.29 is 4.79 Å². The third-order valence-corrected chi connectivity index (χ3v) is 6.65. The summed E-state index contributed by atoms with van der Waals surface area (Å²) in [6.45, 7) is 9.51. The van der Waals surface area contributed by atoms with Crippen LogP contribution in [0.4, 0.5) is 0 Å². The predicted octanol–water partition coefficient (Wildman–Crippen LogP) is 3.23. The molecule has 1 aromatic carbocycles. The second kappa shape index (κ2) is 8.74. The minimum atomic E-state index is 0.175. The van der Waals surface area contributed by atoms with Gasteiger partial charge >= 0.3 is 0 Å². The molecule has 4 rings (SSSR count). The number of carbonyl (C=O) groups is 1. The summed E-state index contributed by atoms with van der Waals surface area (Å²) in [6, 6.07) is 10.9. The van der Waals surface area contributed by atoms with Gasteiger partial charge in [-0.2, -0.15) is 0 Å². The summed E-state index contributed by atoms with van der Waals surface area (Å²) in [6.07, 6.45) is 6.24. The van der Waals surface area contributed by atoms with E-state index in [0.29, 0.717) is 17.7 Å². The van der Waals surface area contributed by atoms with Crippen LogP contribution in [0.15, 0.2) is 30.3 Å². The molecule has 3 fully saturated rings. The van der Waals surface area contributed by atoms with Gasteiger partial charge in [-0.05, 0) is 76.1 Å². The number of amides is 1. The van der Waals surface area contributed by atoms with Crippen LogP contribution in [0, 0.1) is 11.8 Å². The van der Waals surface area contributed by atoms with E-state index in [2.05, 4.69) is 52.0 Å². The lowest BCUT2D eigenvalue weighted by molar-refractivity contribution is -0.137. The molecule has 2 atom stereocenters. The van der Waals surface area contributed by atoms with Gasteiger partial charge in [0.2, 0.25) is 5.91 Å². The molecule has 27 heavy (non-hydrogen) atoms. The lowest BCUT2D eigenvalue weighted by Crippen LogP contribution is -2.50. The lowest BCUT2D eigenvalue weighted by atomic mass is 10.1. The molecule has 4 heteroatoms. The molecule has 4 nitrogen and oxygen atoms in total. The third-order valence-electron chi connectivity index (χ3n) is 6.65. The van der Waals surface area contributed by atoms with E-state index in [1.165, 1.54) is 37.7 Å². The highest BCUT2D eigenvalue weighted by Crippen LogP contribution is 2.37. The Hall–Kier alpha value is -1.39. The second-order valence-corrected chi connectivity index (χ2v) is 8.78. The predicted molar refractivity (Wildman–Crippen MR) is 109 cm³/mol. The highest BCUT2D eigenvalue weighted by atomic mass is 16.2. The van der Waals surface area contributed by atoms with Crippen LogP contribution in [0.1, 0.15) is 44.6 Å². The molecule has 148 valence electrons. The van der Waals surface area contributed by atoms with Gasteiger partial charge in [-0.1, -0.05) is 30.3 Å². The monoisotopic (exact) mass is 369 g/mol. The topological polar surface area (TPSA) is 26.8 Å². The van der Waals surface area contributed by atoms with E-state index in [4.69, 9.17) is 0 Å². The maximum atomic E-state index is 13.4. The van der Waals surface area contributed by atoms with Crippen LogP contribution in [0.25, 0.3) is 0 Å². The summed E-state index contributed by atoms with van der Waals surface area (Å²) in [5.41, 5.74) is 1.39. The van der Waals surface area contributed by atoms with Gasteiger partial charge in [0.15, 0.2) is 0 Å².